The maximum Gasteiger partial charge on any atom is 0.00472 e. The number of hydrogen-bond donors (Lipinski definition) is 1. The van der Waals surface area contributed by atoms with Crippen molar-refractivity contribution in [2.45, 2.75) is 77.6 Å². The van der Waals surface area contributed by atoms with Gasteiger partial charge in [-0.05, 0) is 50.6 Å². The zero-order valence-electron chi connectivity index (χ0n) is 14.6. The summed E-state index contributed by atoms with van der Waals surface area (Å²) in [6.07, 6.45) is 16.1. The van der Waals surface area contributed by atoms with E-state index in [1.165, 1.54) is 90.3 Å². The molecule has 2 fully saturated rings. The predicted molar refractivity (Wildman–Crippen MR) is 92.8 cm³/mol. The molecule has 2 saturated carbocycles. The SMILES string of the molecule is CCNCC1(CN(C)CC2CCCCC2)CCCCCC1. The fourth-order valence-corrected chi connectivity index (χ4v) is 4.71. The summed E-state index contributed by atoms with van der Waals surface area (Å²) in [5.41, 5.74) is 0.552. The molecule has 1 N–H and O–H groups in total. The average molecular weight is 295 g/mol. The van der Waals surface area contributed by atoms with Crippen molar-refractivity contribution in [3.8, 4) is 0 Å². The van der Waals surface area contributed by atoms with Crippen LogP contribution in [0.2, 0.25) is 0 Å². The first-order chi connectivity index (χ1) is 10.2. The minimum absolute atomic E-state index is 0.552. The summed E-state index contributed by atoms with van der Waals surface area (Å²) in [5.74, 6) is 0.978. The summed E-state index contributed by atoms with van der Waals surface area (Å²) < 4.78 is 0. The van der Waals surface area contributed by atoms with Crippen molar-refractivity contribution in [2.75, 3.05) is 33.2 Å². The molecule has 0 aromatic heterocycles. The lowest BCUT2D eigenvalue weighted by atomic mass is 9.79. The van der Waals surface area contributed by atoms with Gasteiger partial charge in [-0.25, -0.2) is 0 Å². The van der Waals surface area contributed by atoms with E-state index in [0.29, 0.717) is 5.41 Å². The van der Waals surface area contributed by atoms with Crippen LogP contribution in [0.25, 0.3) is 0 Å². The second-order valence-corrected chi connectivity index (χ2v) is 7.90. The zero-order valence-corrected chi connectivity index (χ0v) is 14.6. The van der Waals surface area contributed by atoms with Crippen molar-refractivity contribution >= 4 is 0 Å². The first-order valence-corrected chi connectivity index (χ1v) is 9.63. The third kappa shape index (κ3) is 5.90. The van der Waals surface area contributed by atoms with Gasteiger partial charge < -0.3 is 10.2 Å². The molecule has 0 unspecified atom stereocenters. The molecule has 124 valence electrons. The van der Waals surface area contributed by atoms with Crippen LogP contribution in [-0.4, -0.2) is 38.1 Å². The third-order valence-corrected chi connectivity index (χ3v) is 5.81. The van der Waals surface area contributed by atoms with Gasteiger partial charge in [-0.2, -0.15) is 0 Å². The Morgan fingerprint density at radius 3 is 2.19 bits per heavy atom. The Bertz CT molecular complexity index is 263. The molecule has 2 aliphatic carbocycles. The molecule has 2 heteroatoms. The molecule has 0 heterocycles. The third-order valence-electron chi connectivity index (χ3n) is 5.81. The Balaban J connectivity index is 1.86. The van der Waals surface area contributed by atoms with Gasteiger partial charge in [-0.3, -0.25) is 0 Å². The van der Waals surface area contributed by atoms with E-state index in [1.54, 1.807) is 0 Å². The minimum Gasteiger partial charge on any atom is -0.316 e. The van der Waals surface area contributed by atoms with Gasteiger partial charge in [0.15, 0.2) is 0 Å². The van der Waals surface area contributed by atoms with Crippen LogP contribution in [0.3, 0.4) is 0 Å². The molecular formula is C19H38N2. The summed E-state index contributed by atoms with van der Waals surface area (Å²) in [5, 5.41) is 3.67. The highest BCUT2D eigenvalue weighted by Gasteiger charge is 2.32. The number of nitrogens with zero attached hydrogens (tertiary/aromatic N) is 1. The summed E-state index contributed by atoms with van der Waals surface area (Å²) in [7, 11) is 2.38. The minimum atomic E-state index is 0.552. The van der Waals surface area contributed by atoms with Gasteiger partial charge in [-0.15, -0.1) is 0 Å². The van der Waals surface area contributed by atoms with Gasteiger partial charge in [0.2, 0.25) is 0 Å². The van der Waals surface area contributed by atoms with Crippen molar-refractivity contribution < 1.29 is 0 Å². The van der Waals surface area contributed by atoms with Crippen LogP contribution in [-0.2, 0) is 0 Å². The quantitative estimate of drug-likeness (QED) is 0.698. The van der Waals surface area contributed by atoms with Crippen LogP contribution in [0.4, 0.5) is 0 Å². The van der Waals surface area contributed by atoms with Gasteiger partial charge in [0.25, 0.3) is 0 Å². The summed E-state index contributed by atoms with van der Waals surface area (Å²) >= 11 is 0. The van der Waals surface area contributed by atoms with E-state index in [1.807, 2.05) is 0 Å². The van der Waals surface area contributed by atoms with Crippen molar-refractivity contribution in [3.63, 3.8) is 0 Å². The first kappa shape index (κ1) is 17.3. The number of rotatable bonds is 7. The molecule has 0 atom stereocenters. The molecular weight excluding hydrogens is 256 g/mol. The highest BCUT2D eigenvalue weighted by molar-refractivity contribution is 4.87. The molecule has 0 radical (unpaired) electrons. The Hall–Kier alpha value is -0.0800. The van der Waals surface area contributed by atoms with Crippen molar-refractivity contribution in [3.05, 3.63) is 0 Å². The molecule has 0 aliphatic heterocycles. The van der Waals surface area contributed by atoms with E-state index < -0.39 is 0 Å². The van der Waals surface area contributed by atoms with Crippen LogP contribution in [0.15, 0.2) is 0 Å². The van der Waals surface area contributed by atoms with E-state index in [-0.39, 0.29) is 0 Å². The second-order valence-electron chi connectivity index (χ2n) is 7.90. The molecule has 0 aromatic carbocycles. The van der Waals surface area contributed by atoms with Gasteiger partial charge in [0.05, 0.1) is 0 Å². The van der Waals surface area contributed by atoms with Gasteiger partial charge in [0.1, 0.15) is 0 Å². The molecule has 0 spiro atoms. The van der Waals surface area contributed by atoms with E-state index in [2.05, 4.69) is 24.2 Å². The average Bonchev–Trinajstić information content (AvgIpc) is 2.72. The van der Waals surface area contributed by atoms with E-state index in [9.17, 15) is 0 Å². The highest BCUT2D eigenvalue weighted by Crippen LogP contribution is 2.36. The normalized spacial score (nSPS) is 24.1. The predicted octanol–water partition coefficient (Wildman–Crippen LogP) is 4.45. The van der Waals surface area contributed by atoms with Crippen LogP contribution < -0.4 is 5.32 Å². The largest absolute Gasteiger partial charge is 0.316 e. The summed E-state index contributed by atoms with van der Waals surface area (Å²) in [6.45, 7) is 7.26. The molecule has 2 rings (SSSR count). The molecule has 2 aliphatic rings. The maximum absolute atomic E-state index is 3.67. The summed E-state index contributed by atoms with van der Waals surface area (Å²) in [4.78, 5) is 2.68. The summed E-state index contributed by atoms with van der Waals surface area (Å²) in [6, 6.07) is 0. The Morgan fingerprint density at radius 2 is 1.57 bits per heavy atom. The number of nitrogens with one attached hydrogen (secondary N) is 1. The van der Waals surface area contributed by atoms with E-state index in [0.717, 1.165) is 12.5 Å². The molecule has 0 saturated heterocycles. The molecule has 0 bridgehead atoms. The monoisotopic (exact) mass is 294 g/mol. The fraction of sp³-hybridized carbons (Fsp3) is 1.00. The lowest BCUT2D eigenvalue weighted by molar-refractivity contribution is 0.126. The van der Waals surface area contributed by atoms with Crippen molar-refractivity contribution in [2.24, 2.45) is 11.3 Å². The Labute approximate surface area is 133 Å². The first-order valence-electron chi connectivity index (χ1n) is 9.63. The van der Waals surface area contributed by atoms with Crippen molar-refractivity contribution in [1.29, 1.82) is 0 Å². The number of hydrogen-bond acceptors (Lipinski definition) is 2. The molecule has 2 nitrogen and oxygen atoms in total. The van der Waals surface area contributed by atoms with Gasteiger partial charge in [-0.1, -0.05) is 51.9 Å². The smallest absolute Gasteiger partial charge is 0.00472 e. The van der Waals surface area contributed by atoms with Crippen LogP contribution in [0.5, 0.6) is 0 Å². The second kappa shape index (κ2) is 9.15. The molecule has 0 aromatic rings. The highest BCUT2D eigenvalue weighted by atomic mass is 15.1. The standard InChI is InChI=1S/C19H38N2/c1-3-20-16-19(13-9-4-5-10-14-19)17-21(2)15-18-11-7-6-8-12-18/h18,20H,3-17H2,1-2H3. The van der Waals surface area contributed by atoms with Gasteiger partial charge >= 0.3 is 0 Å². The fourth-order valence-electron chi connectivity index (χ4n) is 4.71. The molecule has 0 amide bonds. The Morgan fingerprint density at radius 1 is 0.952 bits per heavy atom. The van der Waals surface area contributed by atoms with Crippen LogP contribution in [0.1, 0.15) is 77.6 Å². The zero-order chi connectivity index (χ0) is 15.0. The van der Waals surface area contributed by atoms with Crippen molar-refractivity contribution in [1.82, 2.24) is 10.2 Å². The Kier molecular flexibility index (Phi) is 7.53. The van der Waals surface area contributed by atoms with E-state index >= 15 is 0 Å². The lowest BCUT2D eigenvalue weighted by Gasteiger charge is -2.38. The lowest BCUT2D eigenvalue weighted by Crippen LogP contribution is -2.44. The van der Waals surface area contributed by atoms with Crippen LogP contribution >= 0.6 is 0 Å². The van der Waals surface area contributed by atoms with Gasteiger partial charge in [0, 0.05) is 19.6 Å². The maximum atomic E-state index is 3.67. The van der Waals surface area contributed by atoms with E-state index in [4.69, 9.17) is 0 Å². The molecule has 21 heavy (non-hydrogen) atoms. The van der Waals surface area contributed by atoms with Crippen LogP contribution in [0, 0.1) is 11.3 Å². The topological polar surface area (TPSA) is 15.3 Å².